The molecule has 0 heterocycles. The Labute approximate surface area is 90.0 Å². The summed E-state index contributed by atoms with van der Waals surface area (Å²) in [7, 11) is 3.16. The van der Waals surface area contributed by atoms with Gasteiger partial charge in [0.2, 0.25) is 0 Å². The first-order chi connectivity index (χ1) is 7.02. The summed E-state index contributed by atoms with van der Waals surface area (Å²) in [4.78, 5) is 23.4. The van der Waals surface area contributed by atoms with E-state index in [9.17, 15) is 9.59 Å². The molecule has 15 heavy (non-hydrogen) atoms. The van der Waals surface area contributed by atoms with E-state index in [1.54, 1.807) is 7.05 Å². The molecule has 5 nitrogen and oxygen atoms in total. The lowest BCUT2D eigenvalue weighted by molar-refractivity contribution is -0.142. The molecular weight excluding hydrogens is 198 g/mol. The van der Waals surface area contributed by atoms with Crippen molar-refractivity contribution in [2.45, 2.75) is 32.3 Å². The summed E-state index contributed by atoms with van der Waals surface area (Å²) >= 11 is 0. The number of hydrogen-bond acceptors (Lipinski definition) is 3. The van der Waals surface area contributed by atoms with Gasteiger partial charge in [0.15, 0.2) is 0 Å². The molecule has 0 aliphatic rings. The van der Waals surface area contributed by atoms with Crippen LogP contribution < -0.4 is 0 Å². The lowest BCUT2D eigenvalue weighted by Gasteiger charge is -2.21. The van der Waals surface area contributed by atoms with Crippen molar-refractivity contribution < 1.29 is 19.4 Å². The average Bonchev–Trinajstić information content (AvgIpc) is 2.18. The zero-order chi connectivity index (χ0) is 11.8. The van der Waals surface area contributed by atoms with Gasteiger partial charge in [-0.25, -0.2) is 0 Å². The Morgan fingerprint density at radius 1 is 1.47 bits per heavy atom. The first kappa shape index (κ1) is 13.9. The zero-order valence-corrected chi connectivity index (χ0v) is 9.52. The molecule has 1 atom stereocenters. The van der Waals surface area contributed by atoms with Crippen LogP contribution in [0.2, 0.25) is 0 Å². The molecule has 1 unspecified atom stereocenters. The fourth-order valence-corrected chi connectivity index (χ4v) is 1.27. The van der Waals surface area contributed by atoms with Crippen LogP contribution in [0.5, 0.6) is 0 Å². The minimum absolute atomic E-state index is 0.0847. The second kappa shape index (κ2) is 7.23. The molecule has 0 aromatic rings. The number of carbonyl (C=O) groups is 2. The van der Waals surface area contributed by atoms with Crippen molar-refractivity contribution in [3.63, 3.8) is 0 Å². The Kier molecular flexibility index (Phi) is 6.70. The van der Waals surface area contributed by atoms with Crippen LogP contribution in [0.4, 0.5) is 0 Å². The van der Waals surface area contributed by atoms with Crippen LogP contribution in [0.15, 0.2) is 0 Å². The van der Waals surface area contributed by atoms with Gasteiger partial charge in [-0.3, -0.25) is 9.59 Å². The molecule has 0 fully saturated rings. The Bertz CT molecular complexity index is 213. The normalized spacial score (nSPS) is 12.2. The van der Waals surface area contributed by atoms with Crippen molar-refractivity contribution in [3.05, 3.63) is 0 Å². The van der Waals surface area contributed by atoms with Gasteiger partial charge in [0.05, 0.1) is 0 Å². The van der Waals surface area contributed by atoms with E-state index < -0.39 is 12.1 Å². The van der Waals surface area contributed by atoms with E-state index in [0.29, 0.717) is 19.4 Å². The highest BCUT2D eigenvalue weighted by Crippen LogP contribution is 2.02. The quantitative estimate of drug-likeness (QED) is 0.682. The number of carbonyl (C=O) groups excluding carboxylic acids is 1. The Morgan fingerprint density at radius 2 is 2.07 bits per heavy atom. The number of amides is 1. The van der Waals surface area contributed by atoms with Gasteiger partial charge < -0.3 is 14.7 Å². The lowest BCUT2D eigenvalue weighted by atomic mass is 10.2. The van der Waals surface area contributed by atoms with Crippen molar-refractivity contribution >= 4 is 11.9 Å². The third kappa shape index (κ3) is 5.37. The molecule has 0 aromatic carbocycles. The highest BCUT2D eigenvalue weighted by molar-refractivity contribution is 5.80. The van der Waals surface area contributed by atoms with Gasteiger partial charge >= 0.3 is 5.97 Å². The minimum Gasteiger partial charge on any atom is -0.481 e. The largest absolute Gasteiger partial charge is 0.481 e. The molecule has 0 aliphatic carbocycles. The second-order valence-corrected chi connectivity index (χ2v) is 3.39. The summed E-state index contributed by atoms with van der Waals surface area (Å²) in [6.45, 7) is 2.32. The molecule has 88 valence electrons. The maximum absolute atomic E-state index is 11.6. The number of aliphatic carboxylic acids is 1. The number of nitrogens with zero attached hydrogens (tertiary/aromatic N) is 1. The highest BCUT2D eigenvalue weighted by atomic mass is 16.5. The van der Waals surface area contributed by atoms with Crippen LogP contribution in [-0.4, -0.2) is 48.7 Å². The van der Waals surface area contributed by atoms with Gasteiger partial charge in [-0.15, -0.1) is 0 Å². The first-order valence-electron chi connectivity index (χ1n) is 5.02. The van der Waals surface area contributed by atoms with Crippen LogP contribution in [0.3, 0.4) is 0 Å². The summed E-state index contributed by atoms with van der Waals surface area (Å²) in [5.74, 6) is -0.931. The minimum atomic E-state index is -0.838. The number of likely N-dealkylation sites (N-methyl/N-ethyl adjacent to an activating group) is 1. The molecule has 0 aliphatic heterocycles. The Hall–Kier alpha value is -1.10. The predicted molar refractivity (Wildman–Crippen MR) is 55.6 cm³/mol. The molecule has 0 saturated carbocycles. The summed E-state index contributed by atoms with van der Waals surface area (Å²) in [6.07, 6.45) is 0.761. The van der Waals surface area contributed by atoms with Crippen molar-refractivity contribution in [2.24, 2.45) is 0 Å². The number of hydrogen-bond donors (Lipinski definition) is 1. The number of carboxylic acid groups (broad SMARTS) is 1. The molecule has 5 heteroatoms. The summed E-state index contributed by atoms with van der Waals surface area (Å²) in [5, 5.41) is 8.44. The van der Waals surface area contributed by atoms with Crippen molar-refractivity contribution in [2.75, 3.05) is 20.7 Å². The van der Waals surface area contributed by atoms with Crippen molar-refractivity contribution in [1.82, 2.24) is 4.90 Å². The van der Waals surface area contributed by atoms with E-state index in [0.717, 1.165) is 0 Å². The van der Waals surface area contributed by atoms with E-state index in [1.165, 1.54) is 12.0 Å². The van der Waals surface area contributed by atoms with Gasteiger partial charge in [-0.05, 0) is 12.8 Å². The lowest BCUT2D eigenvalue weighted by Crippen LogP contribution is -2.37. The highest BCUT2D eigenvalue weighted by Gasteiger charge is 2.19. The van der Waals surface area contributed by atoms with Crippen LogP contribution in [0.1, 0.15) is 26.2 Å². The second-order valence-electron chi connectivity index (χ2n) is 3.39. The van der Waals surface area contributed by atoms with Gasteiger partial charge in [-0.1, -0.05) is 6.92 Å². The molecule has 0 radical (unpaired) electrons. The fraction of sp³-hybridized carbons (Fsp3) is 0.800. The van der Waals surface area contributed by atoms with Crippen LogP contribution in [-0.2, 0) is 14.3 Å². The Balaban J connectivity index is 3.92. The Morgan fingerprint density at radius 3 is 2.47 bits per heavy atom. The average molecular weight is 217 g/mol. The molecule has 0 bridgehead atoms. The van der Waals surface area contributed by atoms with Gasteiger partial charge in [-0.2, -0.15) is 0 Å². The summed E-state index contributed by atoms with van der Waals surface area (Å²) in [5.41, 5.74) is 0. The molecule has 0 spiro atoms. The van der Waals surface area contributed by atoms with E-state index in [2.05, 4.69) is 0 Å². The molecule has 0 rings (SSSR count). The van der Waals surface area contributed by atoms with E-state index in [4.69, 9.17) is 9.84 Å². The number of carboxylic acids is 1. The number of rotatable bonds is 7. The van der Waals surface area contributed by atoms with E-state index >= 15 is 0 Å². The maximum Gasteiger partial charge on any atom is 0.303 e. The molecule has 1 N–H and O–H groups in total. The first-order valence-corrected chi connectivity index (χ1v) is 5.02. The SMILES string of the molecule is CCC(OC)C(=O)N(C)CCCC(=O)O. The number of ether oxygens (including phenoxy) is 1. The smallest absolute Gasteiger partial charge is 0.303 e. The molecule has 0 saturated heterocycles. The summed E-state index contributed by atoms with van der Waals surface area (Å²) < 4.78 is 5.00. The number of methoxy groups -OCH3 is 1. The zero-order valence-electron chi connectivity index (χ0n) is 9.52. The maximum atomic E-state index is 11.6. The van der Waals surface area contributed by atoms with Crippen LogP contribution in [0.25, 0.3) is 0 Å². The van der Waals surface area contributed by atoms with Crippen molar-refractivity contribution in [1.29, 1.82) is 0 Å². The molecule has 0 aromatic heterocycles. The van der Waals surface area contributed by atoms with Gasteiger partial charge in [0.1, 0.15) is 6.10 Å². The third-order valence-corrected chi connectivity index (χ3v) is 2.19. The fourth-order valence-electron chi connectivity index (χ4n) is 1.27. The summed E-state index contributed by atoms with van der Waals surface area (Å²) in [6, 6.07) is 0. The predicted octanol–water partition coefficient (Wildman–Crippen LogP) is 0.735. The van der Waals surface area contributed by atoms with Crippen LogP contribution >= 0.6 is 0 Å². The molecular formula is C10H19NO4. The topological polar surface area (TPSA) is 66.8 Å². The van der Waals surface area contributed by atoms with E-state index in [1.807, 2.05) is 6.92 Å². The van der Waals surface area contributed by atoms with Gasteiger partial charge in [0.25, 0.3) is 5.91 Å². The van der Waals surface area contributed by atoms with Gasteiger partial charge in [0, 0.05) is 27.1 Å². The monoisotopic (exact) mass is 217 g/mol. The van der Waals surface area contributed by atoms with E-state index in [-0.39, 0.29) is 12.3 Å². The van der Waals surface area contributed by atoms with Crippen molar-refractivity contribution in [3.8, 4) is 0 Å². The van der Waals surface area contributed by atoms with Crippen LogP contribution in [0, 0.1) is 0 Å². The third-order valence-electron chi connectivity index (χ3n) is 2.19. The molecule has 1 amide bonds. The standard InChI is InChI=1S/C10H19NO4/c1-4-8(15-3)10(14)11(2)7-5-6-9(12)13/h8H,4-7H2,1-3H3,(H,12,13).